The van der Waals surface area contributed by atoms with Gasteiger partial charge in [0.1, 0.15) is 0 Å². The summed E-state index contributed by atoms with van der Waals surface area (Å²) in [6, 6.07) is 0. The van der Waals surface area contributed by atoms with Crippen LogP contribution in [0.2, 0.25) is 0 Å². The van der Waals surface area contributed by atoms with Crippen LogP contribution in [0.5, 0.6) is 0 Å². The van der Waals surface area contributed by atoms with Gasteiger partial charge in [0.15, 0.2) is 0 Å². The van der Waals surface area contributed by atoms with Gasteiger partial charge in [0.2, 0.25) is 0 Å². The van der Waals surface area contributed by atoms with Crippen molar-refractivity contribution in [2.45, 2.75) is 27.7 Å². The first-order valence-corrected chi connectivity index (χ1v) is 4.71. The summed E-state index contributed by atoms with van der Waals surface area (Å²) in [6.07, 6.45) is 7.99. The van der Waals surface area contributed by atoms with Crippen LogP contribution in [0.25, 0.3) is 12.7 Å². The molecule has 1 N–H and O–H groups in total. The van der Waals surface area contributed by atoms with Gasteiger partial charge in [0.05, 0.1) is 0 Å². The zero-order valence-electron chi connectivity index (χ0n) is 9.02. The summed E-state index contributed by atoms with van der Waals surface area (Å²) in [7, 11) is 0. The molecule has 0 radical (unpaired) electrons. The third-order valence-corrected chi connectivity index (χ3v) is 1.70. The molecule has 1 aromatic heterocycles. The van der Waals surface area contributed by atoms with Crippen molar-refractivity contribution in [3.8, 4) is 0 Å². The normalized spacial score (nSPS) is 11.5. The Labute approximate surface area is 80.5 Å². The highest BCUT2D eigenvalue weighted by Crippen LogP contribution is 1.78. The highest BCUT2D eigenvalue weighted by atomic mass is 14.6. The lowest BCUT2D eigenvalue weighted by atomic mass is 10.3. The van der Waals surface area contributed by atoms with E-state index < -0.39 is 0 Å². The van der Waals surface area contributed by atoms with Gasteiger partial charge in [-0.3, -0.25) is 0 Å². The van der Waals surface area contributed by atoms with Crippen LogP contribution < -0.4 is 10.6 Å². The molecule has 0 aliphatic carbocycles. The van der Waals surface area contributed by atoms with Crippen LogP contribution in [-0.4, -0.2) is 4.98 Å². The van der Waals surface area contributed by atoms with Crippen LogP contribution in [0.3, 0.4) is 0 Å². The van der Waals surface area contributed by atoms with Crippen LogP contribution in [0.15, 0.2) is 18.3 Å². The number of aromatic nitrogens is 1. The number of hydrogen-bond acceptors (Lipinski definition) is 0. The lowest BCUT2D eigenvalue weighted by Crippen LogP contribution is -2.21. The first-order chi connectivity index (χ1) is 6.25. The highest BCUT2D eigenvalue weighted by molar-refractivity contribution is 5.36. The quantitative estimate of drug-likeness (QED) is 0.676. The lowest BCUT2D eigenvalue weighted by Gasteiger charge is -1.76. The minimum atomic E-state index is 1.09. The van der Waals surface area contributed by atoms with Crippen molar-refractivity contribution in [3.05, 3.63) is 34.5 Å². The minimum absolute atomic E-state index is 1.09. The number of aromatic amines is 1. The van der Waals surface area contributed by atoms with Crippen molar-refractivity contribution in [1.29, 1.82) is 0 Å². The maximum absolute atomic E-state index is 3.94. The van der Waals surface area contributed by atoms with Crippen molar-refractivity contribution in [2.24, 2.45) is 0 Å². The molecule has 0 aliphatic rings. The van der Waals surface area contributed by atoms with Crippen molar-refractivity contribution >= 4 is 12.7 Å². The Morgan fingerprint density at radius 3 is 2.38 bits per heavy atom. The average molecular weight is 177 g/mol. The molecule has 1 aromatic rings. The van der Waals surface area contributed by atoms with Gasteiger partial charge in [0.25, 0.3) is 0 Å². The summed E-state index contributed by atoms with van der Waals surface area (Å²) in [5.41, 5.74) is 1.21. The van der Waals surface area contributed by atoms with Crippen molar-refractivity contribution in [3.63, 3.8) is 0 Å². The maximum atomic E-state index is 3.94. The number of H-pyrrole nitrogens is 1. The van der Waals surface area contributed by atoms with Crippen LogP contribution >= 0.6 is 0 Å². The fourth-order valence-electron chi connectivity index (χ4n) is 0.914. The van der Waals surface area contributed by atoms with E-state index in [4.69, 9.17) is 0 Å². The SMILES string of the molecule is C=c1c(C)c[nH]/c1=C/C=C\C.CC. The number of rotatable bonds is 1. The Kier molecular flexibility index (Phi) is 5.69. The van der Waals surface area contributed by atoms with Gasteiger partial charge < -0.3 is 4.98 Å². The van der Waals surface area contributed by atoms with Crippen LogP contribution in [-0.2, 0) is 0 Å². The molecule has 72 valence electrons. The van der Waals surface area contributed by atoms with Crippen molar-refractivity contribution in [1.82, 2.24) is 4.98 Å². The molecular formula is C12H19N. The number of aryl methyl sites for hydroxylation is 1. The zero-order valence-corrected chi connectivity index (χ0v) is 9.02. The van der Waals surface area contributed by atoms with E-state index in [1.807, 2.05) is 52.1 Å². The molecule has 0 amide bonds. The molecule has 0 bridgehead atoms. The van der Waals surface area contributed by atoms with E-state index in [-0.39, 0.29) is 0 Å². The fraction of sp³-hybridized carbons (Fsp3) is 0.333. The monoisotopic (exact) mass is 177 g/mol. The van der Waals surface area contributed by atoms with Gasteiger partial charge in [-0.05, 0) is 30.7 Å². The van der Waals surface area contributed by atoms with E-state index in [1.54, 1.807) is 0 Å². The molecule has 0 unspecified atom stereocenters. The molecule has 0 spiro atoms. The summed E-state index contributed by atoms with van der Waals surface area (Å²) in [6.45, 7) is 12.0. The zero-order chi connectivity index (χ0) is 10.3. The smallest absolute Gasteiger partial charge is 0.0450 e. The molecule has 0 saturated heterocycles. The second-order valence-electron chi connectivity index (χ2n) is 2.56. The average Bonchev–Trinajstić information content (AvgIpc) is 2.48. The summed E-state index contributed by atoms with van der Waals surface area (Å²) in [5, 5.41) is 2.18. The largest absolute Gasteiger partial charge is 0.361 e. The molecule has 1 heterocycles. The summed E-state index contributed by atoms with van der Waals surface area (Å²) in [5.74, 6) is 0. The predicted octanol–water partition coefficient (Wildman–Crippen LogP) is 2.12. The van der Waals surface area contributed by atoms with E-state index in [0.717, 1.165) is 10.6 Å². The highest BCUT2D eigenvalue weighted by Gasteiger charge is 1.86. The second kappa shape index (κ2) is 6.30. The Balaban J connectivity index is 0.000000671. The van der Waals surface area contributed by atoms with E-state index >= 15 is 0 Å². The van der Waals surface area contributed by atoms with Gasteiger partial charge >= 0.3 is 0 Å². The first kappa shape index (κ1) is 11.8. The topological polar surface area (TPSA) is 15.8 Å². The van der Waals surface area contributed by atoms with Gasteiger partial charge in [-0.1, -0.05) is 32.6 Å². The third kappa shape index (κ3) is 3.32. The molecule has 1 rings (SSSR count). The molecule has 0 saturated carbocycles. The van der Waals surface area contributed by atoms with Crippen LogP contribution in [0.4, 0.5) is 0 Å². The van der Waals surface area contributed by atoms with E-state index in [2.05, 4.69) is 11.6 Å². The maximum Gasteiger partial charge on any atom is 0.0450 e. The van der Waals surface area contributed by atoms with E-state index in [1.165, 1.54) is 5.56 Å². The Morgan fingerprint density at radius 1 is 1.38 bits per heavy atom. The molecule has 0 aliphatic heterocycles. The van der Waals surface area contributed by atoms with Gasteiger partial charge in [0, 0.05) is 11.5 Å². The number of allylic oxidation sites excluding steroid dienone is 2. The standard InChI is InChI=1S/C10H13N.C2H6/c1-4-5-6-10-9(3)8(2)7-11-10;1-2/h4-7,11H,3H2,1-2H3;1-2H3/b5-4-,10-6+;. The van der Waals surface area contributed by atoms with Gasteiger partial charge in [-0.15, -0.1) is 0 Å². The van der Waals surface area contributed by atoms with Crippen molar-refractivity contribution < 1.29 is 0 Å². The predicted molar refractivity (Wildman–Crippen MR) is 60.9 cm³/mol. The fourth-order valence-corrected chi connectivity index (χ4v) is 0.914. The third-order valence-electron chi connectivity index (χ3n) is 1.70. The Bertz CT molecular complexity index is 355. The molecule has 0 fully saturated rings. The van der Waals surface area contributed by atoms with E-state index in [9.17, 15) is 0 Å². The number of hydrogen-bond donors (Lipinski definition) is 1. The molecular weight excluding hydrogens is 158 g/mol. The molecule has 0 aromatic carbocycles. The summed E-state index contributed by atoms with van der Waals surface area (Å²) >= 11 is 0. The van der Waals surface area contributed by atoms with Gasteiger partial charge in [-0.25, -0.2) is 0 Å². The van der Waals surface area contributed by atoms with Crippen LogP contribution in [0, 0.1) is 6.92 Å². The first-order valence-electron chi connectivity index (χ1n) is 4.71. The molecule has 1 nitrogen and oxygen atoms in total. The molecule has 13 heavy (non-hydrogen) atoms. The summed E-state index contributed by atoms with van der Waals surface area (Å²) in [4.78, 5) is 3.14. The second-order valence-corrected chi connectivity index (χ2v) is 2.56. The Hall–Kier alpha value is -1.24. The Morgan fingerprint density at radius 2 is 2.00 bits per heavy atom. The van der Waals surface area contributed by atoms with Crippen molar-refractivity contribution in [2.75, 3.05) is 0 Å². The van der Waals surface area contributed by atoms with Gasteiger partial charge in [-0.2, -0.15) is 0 Å². The summed E-state index contributed by atoms with van der Waals surface area (Å²) < 4.78 is 0. The van der Waals surface area contributed by atoms with Crippen LogP contribution in [0.1, 0.15) is 26.3 Å². The molecule has 1 heteroatoms. The number of nitrogens with one attached hydrogen (secondary N) is 1. The van der Waals surface area contributed by atoms with E-state index in [0.29, 0.717) is 0 Å². The molecule has 0 atom stereocenters. The lowest BCUT2D eigenvalue weighted by molar-refractivity contribution is 1.32. The minimum Gasteiger partial charge on any atom is -0.361 e.